The molecule has 0 spiro atoms. The molecule has 0 radical (unpaired) electrons. The number of pyridine rings is 2. The lowest BCUT2D eigenvalue weighted by atomic mass is 10.2. The second kappa shape index (κ2) is 9.68. The van der Waals surface area contributed by atoms with Crippen molar-refractivity contribution in [3.63, 3.8) is 0 Å². The molecule has 112 valence electrons. The quantitative estimate of drug-likeness (QED) is 0.229. The van der Waals surface area contributed by atoms with E-state index in [4.69, 9.17) is 0 Å². The molecule has 4 rings (SSSR count). The molecule has 0 amide bonds. The summed E-state index contributed by atoms with van der Waals surface area (Å²) in [4.78, 5) is 6.07. The molecule has 4 aromatic rings. The van der Waals surface area contributed by atoms with Crippen LogP contribution >= 0.6 is 0 Å². The molecule has 0 saturated heterocycles. The standard InChI is InChI=1S/2C9H7N.2HI/c2*1-2-4-9-7-10-6-5-8(9)3-1;;/h2*1-7H;2*1H. The zero-order chi connectivity index (χ0) is 13.6. The molecule has 0 unspecified atom stereocenters. The second-order valence-electron chi connectivity index (χ2n) is 4.55. The van der Waals surface area contributed by atoms with Crippen molar-refractivity contribution >= 4 is 21.5 Å². The van der Waals surface area contributed by atoms with E-state index in [0.29, 0.717) is 0 Å². The molecule has 0 aliphatic heterocycles. The predicted octanol–water partition coefficient (Wildman–Crippen LogP) is -2.68. The molecule has 22 heavy (non-hydrogen) atoms. The molecular formula is C18H16I2N2. The molecule has 2 nitrogen and oxygen atoms in total. The first-order valence-corrected chi connectivity index (χ1v) is 6.63. The van der Waals surface area contributed by atoms with Crippen molar-refractivity contribution in [3.05, 3.63) is 85.5 Å². The van der Waals surface area contributed by atoms with Crippen LogP contribution < -0.4 is 57.9 Å². The van der Waals surface area contributed by atoms with Crippen molar-refractivity contribution in [2.45, 2.75) is 0 Å². The number of H-pyrrole nitrogens is 2. The zero-order valence-corrected chi connectivity index (χ0v) is 16.2. The van der Waals surface area contributed by atoms with E-state index in [-0.39, 0.29) is 48.0 Å². The summed E-state index contributed by atoms with van der Waals surface area (Å²) in [7, 11) is 0. The maximum absolute atomic E-state index is 3.04. The van der Waals surface area contributed by atoms with Crippen LogP contribution in [0.2, 0.25) is 0 Å². The summed E-state index contributed by atoms with van der Waals surface area (Å²) in [5.41, 5.74) is 0. The third-order valence-corrected chi connectivity index (χ3v) is 3.19. The second-order valence-corrected chi connectivity index (χ2v) is 4.55. The number of hydrogen-bond acceptors (Lipinski definition) is 0. The highest BCUT2D eigenvalue weighted by atomic mass is 127. The van der Waals surface area contributed by atoms with Crippen LogP contribution in [0.3, 0.4) is 0 Å². The third-order valence-electron chi connectivity index (χ3n) is 3.19. The Balaban J connectivity index is 0.000000202. The zero-order valence-electron chi connectivity index (χ0n) is 11.8. The SMILES string of the molecule is [I-].[I-].c1ccc2c[nH+]ccc2c1.c1ccc2c[nH+]ccc2c1. The van der Waals surface area contributed by atoms with E-state index in [1.165, 1.54) is 21.5 Å². The highest BCUT2D eigenvalue weighted by molar-refractivity contribution is 5.80. The number of hydrogen-bond donors (Lipinski definition) is 0. The summed E-state index contributed by atoms with van der Waals surface area (Å²) in [5.74, 6) is 0. The molecule has 0 aliphatic rings. The van der Waals surface area contributed by atoms with Crippen LogP contribution in [0.4, 0.5) is 0 Å². The van der Waals surface area contributed by atoms with Crippen LogP contribution in [0, 0.1) is 0 Å². The van der Waals surface area contributed by atoms with Crippen molar-refractivity contribution in [2.24, 2.45) is 0 Å². The summed E-state index contributed by atoms with van der Waals surface area (Å²) >= 11 is 0. The molecule has 0 fully saturated rings. The fourth-order valence-corrected chi connectivity index (χ4v) is 2.14. The van der Waals surface area contributed by atoms with Gasteiger partial charge in [0.05, 0.1) is 0 Å². The number of aromatic amines is 2. The monoisotopic (exact) mass is 514 g/mol. The largest absolute Gasteiger partial charge is 1.00 e. The van der Waals surface area contributed by atoms with E-state index in [9.17, 15) is 0 Å². The van der Waals surface area contributed by atoms with Gasteiger partial charge in [0.1, 0.15) is 0 Å². The van der Waals surface area contributed by atoms with Gasteiger partial charge in [0, 0.05) is 22.9 Å². The van der Waals surface area contributed by atoms with Gasteiger partial charge in [0.2, 0.25) is 0 Å². The highest BCUT2D eigenvalue weighted by Gasteiger charge is 1.91. The highest BCUT2D eigenvalue weighted by Crippen LogP contribution is 2.08. The molecule has 2 aromatic carbocycles. The van der Waals surface area contributed by atoms with Gasteiger partial charge in [-0.3, -0.25) is 0 Å². The van der Waals surface area contributed by atoms with E-state index in [1.807, 2.05) is 49.1 Å². The van der Waals surface area contributed by atoms with Gasteiger partial charge in [-0.05, 0) is 22.9 Å². The predicted molar refractivity (Wildman–Crippen MR) is 81.0 cm³/mol. The first kappa shape index (κ1) is 18.8. The van der Waals surface area contributed by atoms with Crippen LogP contribution in [0.25, 0.3) is 21.5 Å². The van der Waals surface area contributed by atoms with Crippen molar-refractivity contribution < 1.29 is 57.9 Å². The maximum atomic E-state index is 3.04. The third kappa shape index (κ3) is 4.88. The average Bonchev–Trinajstić information content (AvgIpc) is 2.56. The van der Waals surface area contributed by atoms with E-state index in [2.05, 4.69) is 46.4 Å². The Bertz CT molecular complexity index is 632. The summed E-state index contributed by atoms with van der Waals surface area (Å²) in [6.07, 6.45) is 7.86. The minimum Gasteiger partial charge on any atom is -1.00 e. The Hall–Kier alpha value is -1.28. The number of halogens is 2. The van der Waals surface area contributed by atoms with Gasteiger partial charge in [0.25, 0.3) is 0 Å². The molecule has 0 saturated carbocycles. The Kier molecular flexibility index (Phi) is 8.26. The first-order chi connectivity index (χ1) is 9.93. The van der Waals surface area contributed by atoms with E-state index in [0.717, 1.165) is 0 Å². The fourth-order valence-electron chi connectivity index (χ4n) is 2.14. The van der Waals surface area contributed by atoms with Gasteiger partial charge >= 0.3 is 0 Å². The van der Waals surface area contributed by atoms with Gasteiger partial charge in [-0.25, -0.2) is 9.97 Å². The van der Waals surface area contributed by atoms with Gasteiger partial charge in [-0.15, -0.1) is 0 Å². The van der Waals surface area contributed by atoms with Crippen molar-refractivity contribution in [1.29, 1.82) is 0 Å². The number of aromatic nitrogens is 2. The lowest BCUT2D eigenvalue weighted by molar-refractivity contribution is -0.376. The molecule has 0 aliphatic carbocycles. The Morgan fingerprint density at radius 2 is 0.818 bits per heavy atom. The van der Waals surface area contributed by atoms with Crippen LogP contribution in [-0.2, 0) is 0 Å². The first-order valence-electron chi connectivity index (χ1n) is 6.63. The topological polar surface area (TPSA) is 28.3 Å². The van der Waals surface area contributed by atoms with E-state index < -0.39 is 0 Å². The van der Waals surface area contributed by atoms with Crippen LogP contribution in [-0.4, -0.2) is 0 Å². The van der Waals surface area contributed by atoms with Gasteiger partial charge < -0.3 is 48.0 Å². The number of fused-ring (bicyclic) bond motifs is 2. The lowest BCUT2D eigenvalue weighted by Crippen LogP contribution is -3.00. The molecule has 0 atom stereocenters. The van der Waals surface area contributed by atoms with Gasteiger partial charge in [-0.2, -0.15) is 0 Å². The normalized spacial score (nSPS) is 9.09. The van der Waals surface area contributed by atoms with Crippen LogP contribution in [0.15, 0.2) is 85.5 Å². The molecule has 2 heterocycles. The Morgan fingerprint density at radius 3 is 1.18 bits per heavy atom. The summed E-state index contributed by atoms with van der Waals surface area (Å²) in [5, 5.41) is 5.07. The summed E-state index contributed by atoms with van der Waals surface area (Å²) < 4.78 is 0. The van der Waals surface area contributed by atoms with Gasteiger partial charge in [-0.1, -0.05) is 36.4 Å². The minimum absolute atomic E-state index is 0. The van der Waals surface area contributed by atoms with Crippen molar-refractivity contribution in [2.75, 3.05) is 0 Å². The minimum atomic E-state index is 0. The Morgan fingerprint density at radius 1 is 0.455 bits per heavy atom. The van der Waals surface area contributed by atoms with Gasteiger partial charge in [0.15, 0.2) is 24.8 Å². The number of rotatable bonds is 0. The maximum Gasteiger partial charge on any atom is 0.174 e. The lowest BCUT2D eigenvalue weighted by Gasteiger charge is -1.88. The molecule has 2 aromatic heterocycles. The van der Waals surface area contributed by atoms with Crippen LogP contribution in [0.5, 0.6) is 0 Å². The van der Waals surface area contributed by atoms with Crippen LogP contribution in [0.1, 0.15) is 0 Å². The number of nitrogens with one attached hydrogen (secondary N) is 2. The number of benzene rings is 2. The molecule has 0 bridgehead atoms. The Labute approximate surface area is 164 Å². The van der Waals surface area contributed by atoms with E-state index in [1.54, 1.807) is 0 Å². The fraction of sp³-hybridized carbons (Fsp3) is 0. The molecule has 4 heteroatoms. The summed E-state index contributed by atoms with van der Waals surface area (Å²) in [6, 6.07) is 20.7. The average molecular weight is 514 g/mol. The van der Waals surface area contributed by atoms with Crippen molar-refractivity contribution in [3.8, 4) is 0 Å². The van der Waals surface area contributed by atoms with Crippen molar-refractivity contribution in [1.82, 2.24) is 0 Å². The molecule has 2 N–H and O–H groups in total. The smallest absolute Gasteiger partial charge is 0.174 e. The molecular weight excluding hydrogens is 498 g/mol. The summed E-state index contributed by atoms with van der Waals surface area (Å²) in [6.45, 7) is 0. The van der Waals surface area contributed by atoms with E-state index >= 15 is 0 Å².